The number of ether oxygens (including phenoxy) is 2. The molecule has 4 nitrogen and oxygen atoms in total. The van der Waals surface area contributed by atoms with Crippen molar-refractivity contribution in [2.24, 2.45) is 0 Å². The third-order valence-corrected chi connectivity index (χ3v) is 2.30. The number of methoxy groups -OCH3 is 1. The first-order valence-electron chi connectivity index (χ1n) is 4.79. The Hall–Kier alpha value is -0.840. The first-order chi connectivity index (χ1) is 6.92. The van der Waals surface area contributed by atoms with E-state index in [0.717, 1.165) is 31.0 Å². The van der Waals surface area contributed by atoms with Crippen LogP contribution in [0, 0.1) is 0 Å². The van der Waals surface area contributed by atoms with Gasteiger partial charge in [0, 0.05) is 25.8 Å². The molecule has 0 saturated carbocycles. The molecule has 4 heteroatoms. The average molecular weight is 197 g/mol. The quantitative estimate of drug-likeness (QED) is 0.787. The monoisotopic (exact) mass is 197 g/mol. The number of hydrogen-bond acceptors (Lipinski definition) is 4. The third-order valence-electron chi connectivity index (χ3n) is 2.30. The summed E-state index contributed by atoms with van der Waals surface area (Å²) in [6.45, 7) is 3.03. The van der Waals surface area contributed by atoms with E-state index in [1.54, 1.807) is 13.4 Å². The molecule has 1 fully saturated rings. The minimum absolute atomic E-state index is 0.0314. The van der Waals surface area contributed by atoms with Gasteiger partial charge in [-0.05, 0) is 6.07 Å². The lowest BCUT2D eigenvalue weighted by Crippen LogP contribution is -2.33. The summed E-state index contributed by atoms with van der Waals surface area (Å²) in [5, 5.41) is 3.27. The lowest BCUT2D eigenvalue weighted by molar-refractivity contribution is 0.0124. The van der Waals surface area contributed by atoms with Crippen LogP contribution in [-0.2, 0) is 16.1 Å². The van der Waals surface area contributed by atoms with Gasteiger partial charge in [0.2, 0.25) is 0 Å². The molecule has 1 N–H and O–H groups in total. The predicted octanol–water partition coefficient (Wildman–Crippen LogP) is 1.09. The lowest BCUT2D eigenvalue weighted by atomic mass is 10.1. The van der Waals surface area contributed by atoms with Crippen LogP contribution < -0.4 is 5.32 Å². The zero-order chi connectivity index (χ0) is 9.80. The van der Waals surface area contributed by atoms with Gasteiger partial charge >= 0.3 is 0 Å². The van der Waals surface area contributed by atoms with Gasteiger partial charge in [-0.2, -0.15) is 0 Å². The molecule has 2 rings (SSSR count). The number of furan rings is 1. The summed E-state index contributed by atoms with van der Waals surface area (Å²) in [7, 11) is 1.68. The molecule has 1 saturated heterocycles. The molecule has 1 aliphatic heterocycles. The maximum Gasteiger partial charge on any atom is 0.139 e. The summed E-state index contributed by atoms with van der Waals surface area (Å²) in [4.78, 5) is 0. The summed E-state index contributed by atoms with van der Waals surface area (Å²) in [5.74, 6) is 0.888. The highest BCUT2D eigenvalue weighted by Crippen LogP contribution is 2.24. The molecule has 2 heterocycles. The highest BCUT2D eigenvalue weighted by atomic mass is 16.5. The van der Waals surface area contributed by atoms with Gasteiger partial charge in [-0.15, -0.1) is 0 Å². The SMILES string of the molecule is COCc1ccoc1C1CNCCO1. The summed E-state index contributed by atoms with van der Waals surface area (Å²) in [6, 6.07) is 1.93. The summed E-state index contributed by atoms with van der Waals surface area (Å²) >= 11 is 0. The molecule has 78 valence electrons. The van der Waals surface area contributed by atoms with Gasteiger partial charge in [0.25, 0.3) is 0 Å². The molecule has 0 aromatic carbocycles. The van der Waals surface area contributed by atoms with Crippen LogP contribution in [0.1, 0.15) is 17.4 Å². The van der Waals surface area contributed by atoms with Crippen LogP contribution in [0.15, 0.2) is 16.7 Å². The Morgan fingerprint density at radius 2 is 2.57 bits per heavy atom. The number of nitrogens with one attached hydrogen (secondary N) is 1. The fourth-order valence-electron chi connectivity index (χ4n) is 1.64. The molecule has 0 amide bonds. The van der Waals surface area contributed by atoms with Crippen molar-refractivity contribution in [1.82, 2.24) is 5.32 Å². The summed E-state index contributed by atoms with van der Waals surface area (Å²) in [5.41, 5.74) is 1.07. The van der Waals surface area contributed by atoms with Crippen molar-refractivity contribution in [2.45, 2.75) is 12.7 Å². The average Bonchev–Trinajstić information content (AvgIpc) is 2.68. The zero-order valence-corrected chi connectivity index (χ0v) is 8.29. The van der Waals surface area contributed by atoms with Crippen LogP contribution in [0.2, 0.25) is 0 Å². The van der Waals surface area contributed by atoms with Crippen LogP contribution in [-0.4, -0.2) is 26.8 Å². The molecule has 0 bridgehead atoms. The fourth-order valence-corrected chi connectivity index (χ4v) is 1.64. The van der Waals surface area contributed by atoms with E-state index in [1.807, 2.05) is 6.07 Å². The smallest absolute Gasteiger partial charge is 0.139 e. The topological polar surface area (TPSA) is 43.6 Å². The third kappa shape index (κ3) is 1.97. The van der Waals surface area contributed by atoms with Crippen molar-refractivity contribution in [3.05, 3.63) is 23.7 Å². The number of morpholine rings is 1. The van der Waals surface area contributed by atoms with Gasteiger partial charge in [-0.1, -0.05) is 0 Å². The molecule has 14 heavy (non-hydrogen) atoms. The van der Waals surface area contributed by atoms with E-state index in [-0.39, 0.29) is 6.10 Å². The fraction of sp³-hybridized carbons (Fsp3) is 0.600. The molecule has 1 aliphatic rings. The van der Waals surface area contributed by atoms with E-state index in [9.17, 15) is 0 Å². The lowest BCUT2D eigenvalue weighted by Gasteiger charge is -2.22. The first-order valence-corrected chi connectivity index (χ1v) is 4.79. The molecule has 0 radical (unpaired) electrons. The molecule has 1 unspecified atom stereocenters. The predicted molar refractivity (Wildman–Crippen MR) is 51.0 cm³/mol. The van der Waals surface area contributed by atoms with Crippen LogP contribution in [0.3, 0.4) is 0 Å². The van der Waals surface area contributed by atoms with Crippen molar-refractivity contribution in [3.63, 3.8) is 0 Å². The van der Waals surface area contributed by atoms with Crippen LogP contribution in [0.5, 0.6) is 0 Å². The summed E-state index contributed by atoms with van der Waals surface area (Å²) in [6.07, 6.45) is 1.71. The van der Waals surface area contributed by atoms with Gasteiger partial charge in [0.1, 0.15) is 11.9 Å². The van der Waals surface area contributed by atoms with Crippen molar-refractivity contribution >= 4 is 0 Å². The Morgan fingerprint density at radius 3 is 3.29 bits per heavy atom. The largest absolute Gasteiger partial charge is 0.466 e. The maximum atomic E-state index is 5.60. The Kier molecular flexibility index (Phi) is 3.18. The van der Waals surface area contributed by atoms with Gasteiger partial charge < -0.3 is 19.2 Å². The van der Waals surface area contributed by atoms with Gasteiger partial charge in [0.15, 0.2) is 0 Å². The van der Waals surface area contributed by atoms with Crippen molar-refractivity contribution < 1.29 is 13.9 Å². The second-order valence-corrected chi connectivity index (χ2v) is 3.31. The minimum atomic E-state index is 0.0314. The van der Waals surface area contributed by atoms with Gasteiger partial charge in [0.05, 0.1) is 19.5 Å². The standard InChI is InChI=1S/C10H15NO3/c1-12-7-8-2-4-14-10(8)9-6-11-3-5-13-9/h2,4,9,11H,3,5-7H2,1H3. The van der Waals surface area contributed by atoms with E-state index >= 15 is 0 Å². The van der Waals surface area contributed by atoms with E-state index in [4.69, 9.17) is 13.9 Å². The minimum Gasteiger partial charge on any atom is -0.466 e. The normalized spacial score (nSPS) is 22.5. The molecule has 0 spiro atoms. The van der Waals surface area contributed by atoms with E-state index < -0.39 is 0 Å². The first kappa shape index (κ1) is 9.71. The van der Waals surface area contributed by atoms with Crippen LogP contribution >= 0.6 is 0 Å². The Labute approximate surface area is 83.2 Å². The van der Waals surface area contributed by atoms with Gasteiger partial charge in [-0.3, -0.25) is 0 Å². The second-order valence-electron chi connectivity index (χ2n) is 3.31. The van der Waals surface area contributed by atoms with E-state index in [2.05, 4.69) is 5.32 Å². The Bertz CT molecular complexity index is 279. The van der Waals surface area contributed by atoms with E-state index in [1.165, 1.54) is 0 Å². The zero-order valence-electron chi connectivity index (χ0n) is 8.29. The van der Waals surface area contributed by atoms with Crippen molar-refractivity contribution in [2.75, 3.05) is 26.8 Å². The van der Waals surface area contributed by atoms with E-state index in [0.29, 0.717) is 6.61 Å². The van der Waals surface area contributed by atoms with Gasteiger partial charge in [-0.25, -0.2) is 0 Å². The number of hydrogen-bond donors (Lipinski definition) is 1. The highest BCUT2D eigenvalue weighted by Gasteiger charge is 2.21. The second kappa shape index (κ2) is 4.59. The Balaban J connectivity index is 2.09. The molecule has 0 aliphatic carbocycles. The van der Waals surface area contributed by atoms with Crippen LogP contribution in [0.25, 0.3) is 0 Å². The maximum absolute atomic E-state index is 5.60. The number of rotatable bonds is 3. The molecule has 1 aromatic rings. The Morgan fingerprint density at radius 1 is 1.64 bits per heavy atom. The summed E-state index contributed by atoms with van der Waals surface area (Å²) < 4.78 is 16.1. The van der Waals surface area contributed by atoms with Crippen LogP contribution in [0.4, 0.5) is 0 Å². The highest BCUT2D eigenvalue weighted by molar-refractivity contribution is 5.19. The molecule has 1 aromatic heterocycles. The molecular weight excluding hydrogens is 182 g/mol. The molecular formula is C10H15NO3. The van der Waals surface area contributed by atoms with Crippen molar-refractivity contribution in [1.29, 1.82) is 0 Å². The molecule has 1 atom stereocenters. The van der Waals surface area contributed by atoms with Crippen molar-refractivity contribution in [3.8, 4) is 0 Å².